The zero-order valence-electron chi connectivity index (χ0n) is 15.2. The van der Waals surface area contributed by atoms with Gasteiger partial charge in [0.1, 0.15) is 5.75 Å². The number of hydrogen-bond acceptors (Lipinski definition) is 5. The average molecular weight is 362 g/mol. The molecule has 1 saturated carbocycles. The first-order chi connectivity index (χ1) is 12.5. The van der Waals surface area contributed by atoms with Gasteiger partial charge in [-0.3, -0.25) is 10.1 Å². The molecule has 3 amide bonds. The van der Waals surface area contributed by atoms with Crippen molar-refractivity contribution in [2.45, 2.75) is 58.1 Å². The van der Waals surface area contributed by atoms with Gasteiger partial charge in [0.05, 0.1) is 12.2 Å². The average Bonchev–Trinajstić information content (AvgIpc) is 2.63. The van der Waals surface area contributed by atoms with Gasteiger partial charge < -0.3 is 14.8 Å². The zero-order valence-corrected chi connectivity index (χ0v) is 15.2. The van der Waals surface area contributed by atoms with E-state index in [-0.39, 0.29) is 6.04 Å². The van der Waals surface area contributed by atoms with Gasteiger partial charge in [0.25, 0.3) is 5.91 Å². The molecule has 26 heavy (non-hydrogen) atoms. The smallest absolute Gasteiger partial charge is 0.338 e. The Balaban J connectivity index is 1.79. The van der Waals surface area contributed by atoms with Gasteiger partial charge in [-0.1, -0.05) is 19.3 Å². The van der Waals surface area contributed by atoms with Gasteiger partial charge in [0.2, 0.25) is 0 Å². The fourth-order valence-electron chi connectivity index (χ4n) is 2.82. The third kappa shape index (κ3) is 6.06. The normalized spacial score (nSPS) is 15.6. The molecule has 7 nitrogen and oxygen atoms in total. The van der Waals surface area contributed by atoms with Crippen molar-refractivity contribution in [2.24, 2.45) is 0 Å². The van der Waals surface area contributed by atoms with E-state index in [2.05, 4.69) is 10.6 Å². The molecule has 1 aliphatic carbocycles. The molecule has 0 spiro atoms. The zero-order chi connectivity index (χ0) is 18.9. The van der Waals surface area contributed by atoms with E-state index in [9.17, 15) is 14.4 Å². The van der Waals surface area contributed by atoms with Crippen LogP contribution in [-0.2, 0) is 9.53 Å². The van der Waals surface area contributed by atoms with Gasteiger partial charge in [-0.05, 0) is 51.0 Å². The highest BCUT2D eigenvalue weighted by atomic mass is 16.5. The van der Waals surface area contributed by atoms with Crippen LogP contribution in [0.15, 0.2) is 24.3 Å². The van der Waals surface area contributed by atoms with E-state index in [0.29, 0.717) is 17.9 Å². The Kier molecular flexibility index (Phi) is 7.44. The molecule has 7 heteroatoms. The van der Waals surface area contributed by atoms with Crippen LogP contribution in [0.25, 0.3) is 0 Å². The van der Waals surface area contributed by atoms with Gasteiger partial charge in [-0.15, -0.1) is 0 Å². The van der Waals surface area contributed by atoms with Crippen molar-refractivity contribution in [1.82, 2.24) is 10.6 Å². The molecular weight excluding hydrogens is 336 g/mol. The summed E-state index contributed by atoms with van der Waals surface area (Å²) in [7, 11) is 0. The lowest BCUT2D eigenvalue weighted by molar-refractivity contribution is -0.127. The summed E-state index contributed by atoms with van der Waals surface area (Å²) in [6.07, 6.45) is 4.10. The quantitative estimate of drug-likeness (QED) is 0.759. The van der Waals surface area contributed by atoms with Crippen molar-refractivity contribution in [3.63, 3.8) is 0 Å². The first-order valence-corrected chi connectivity index (χ1v) is 9.04. The molecule has 1 aromatic rings. The highest BCUT2D eigenvalue weighted by Crippen LogP contribution is 2.17. The van der Waals surface area contributed by atoms with Crippen LogP contribution >= 0.6 is 0 Å². The number of esters is 1. The standard InChI is InChI=1S/C19H26N2O5/c1-3-25-16-11-9-14(10-12-16)18(23)26-13(2)17(22)21-19(24)20-15-7-5-4-6-8-15/h9-13,15H,3-8H2,1-2H3,(H2,20,21,22,24)/t13-/m0/s1. The van der Waals surface area contributed by atoms with Crippen molar-refractivity contribution >= 4 is 17.9 Å². The van der Waals surface area contributed by atoms with Crippen LogP contribution in [0.3, 0.4) is 0 Å². The second kappa shape index (κ2) is 9.79. The van der Waals surface area contributed by atoms with Crippen molar-refractivity contribution in [3.05, 3.63) is 29.8 Å². The van der Waals surface area contributed by atoms with Gasteiger partial charge >= 0.3 is 12.0 Å². The van der Waals surface area contributed by atoms with Crippen LogP contribution in [0.5, 0.6) is 5.75 Å². The summed E-state index contributed by atoms with van der Waals surface area (Å²) in [5.74, 6) is -0.643. The number of benzene rings is 1. The Hall–Kier alpha value is -2.57. The van der Waals surface area contributed by atoms with Gasteiger partial charge in [0, 0.05) is 6.04 Å². The number of ether oxygens (including phenoxy) is 2. The van der Waals surface area contributed by atoms with Gasteiger partial charge in [-0.25, -0.2) is 9.59 Å². The Bertz CT molecular complexity index is 623. The Morgan fingerprint density at radius 3 is 2.38 bits per heavy atom. The summed E-state index contributed by atoms with van der Waals surface area (Å²) in [6, 6.07) is 5.98. The molecule has 0 heterocycles. The molecular formula is C19H26N2O5. The fourth-order valence-corrected chi connectivity index (χ4v) is 2.82. The first-order valence-electron chi connectivity index (χ1n) is 9.04. The summed E-state index contributed by atoms with van der Waals surface area (Å²) in [6.45, 7) is 3.83. The third-order valence-electron chi connectivity index (χ3n) is 4.23. The lowest BCUT2D eigenvalue weighted by Crippen LogP contribution is -2.48. The molecule has 2 rings (SSSR count). The summed E-state index contributed by atoms with van der Waals surface area (Å²) < 4.78 is 10.4. The molecule has 0 unspecified atom stereocenters. The predicted molar refractivity (Wildman–Crippen MR) is 96.0 cm³/mol. The van der Waals surface area contributed by atoms with E-state index >= 15 is 0 Å². The number of nitrogens with one attached hydrogen (secondary N) is 2. The monoisotopic (exact) mass is 362 g/mol. The summed E-state index contributed by atoms with van der Waals surface area (Å²) in [5, 5.41) is 5.01. The van der Waals surface area contributed by atoms with E-state index in [1.807, 2.05) is 6.92 Å². The third-order valence-corrected chi connectivity index (χ3v) is 4.23. The second-order valence-corrected chi connectivity index (χ2v) is 6.30. The minimum Gasteiger partial charge on any atom is -0.494 e. The lowest BCUT2D eigenvalue weighted by Gasteiger charge is -2.23. The number of rotatable bonds is 6. The van der Waals surface area contributed by atoms with Crippen LogP contribution in [0.2, 0.25) is 0 Å². The number of hydrogen-bond donors (Lipinski definition) is 2. The van der Waals surface area contributed by atoms with Crippen molar-refractivity contribution in [1.29, 1.82) is 0 Å². The molecule has 1 atom stereocenters. The molecule has 0 aromatic heterocycles. The molecule has 0 bridgehead atoms. The molecule has 1 fully saturated rings. The van der Waals surface area contributed by atoms with Crippen LogP contribution in [-0.4, -0.2) is 36.7 Å². The predicted octanol–water partition coefficient (Wildman–Crippen LogP) is 2.79. The highest BCUT2D eigenvalue weighted by molar-refractivity contribution is 5.98. The number of carbonyl (C=O) groups is 3. The van der Waals surface area contributed by atoms with Crippen molar-refractivity contribution < 1.29 is 23.9 Å². The fraction of sp³-hybridized carbons (Fsp3) is 0.526. The second-order valence-electron chi connectivity index (χ2n) is 6.30. The summed E-state index contributed by atoms with van der Waals surface area (Å²) in [5.41, 5.74) is 0.305. The highest BCUT2D eigenvalue weighted by Gasteiger charge is 2.22. The van der Waals surface area contributed by atoms with E-state index in [1.165, 1.54) is 13.3 Å². The number of urea groups is 1. The SMILES string of the molecule is CCOc1ccc(C(=O)O[C@@H](C)C(=O)NC(=O)NC2CCCCC2)cc1. The number of amides is 3. The van der Waals surface area contributed by atoms with E-state index in [0.717, 1.165) is 25.7 Å². The van der Waals surface area contributed by atoms with E-state index in [4.69, 9.17) is 9.47 Å². The Morgan fingerprint density at radius 2 is 1.77 bits per heavy atom. The topological polar surface area (TPSA) is 93.7 Å². The largest absolute Gasteiger partial charge is 0.494 e. The minimum absolute atomic E-state index is 0.0956. The maximum Gasteiger partial charge on any atom is 0.338 e. The number of imide groups is 1. The van der Waals surface area contributed by atoms with E-state index in [1.54, 1.807) is 24.3 Å². The molecule has 0 radical (unpaired) electrons. The van der Waals surface area contributed by atoms with Crippen LogP contribution in [0.1, 0.15) is 56.3 Å². The molecule has 1 aliphatic rings. The molecule has 0 aliphatic heterocycles. The van der Waals surface area contributed by atoms with Crippen LogP contribution in [0.4, 0.5) is 4.79 Å². The van der Waals surface area contributed by atoms with Gasteiger partial charge in [0.15, 0.2) is 6.10 Å². The molecule has 1 aromatic carbocycles. The van der Waals surface area contributed by atoms with Crippen LogP contribution in [0, 0.1) is 0 Å². The maximum absolute atomic E-state index is 12.1. The Morgan fingerprint density at radius 1 is 1.12 bits per heavy atom. The minimum atomic E-state index is -1.08. The van der Waals surface area contributed by atoms with E-state index < -0.39 is 24.0 Å². The van der Waals surface area contributed by atoms with Crippen LogP contribution < -0.4 is 15.4 Å². The molecule has 142 valence electrons. The first kappa shape index (κ1) is 19.8. The van der Waals surface area contributed by atoms with Crippen molar-refractivity contribution in [2.75, 3.05) is 6.61 Å². The maximum atomic E-state index is 12.1. The Labute approximate surface area is 153 Å². The molecule has 0 saturated heterocycles. The van der Waals surface area contributed by atoms with Crippen molar-refractivity contribution in [3.8, 4) is 5.75 Å². The summed E-state index contributed by atoms with van der Waals surface area (Å²) in [4.78, 5) is 36.0. The number of carbonyl (C=O) groups excluding carboxylic acids is 3. The molecule has 2 N–H and O–H groups in total. The van der Waals surface area contributed by atoms with Gasteiger partial charge in [-0.2, -0.15) is 0 Å². The summed E-state index contributed by atoms with van der Waals surface area (Å²) >= 11 is 0. The lowest BCUT2D eigenvalue weighted by atomic mass is 9.96.